The molecule has 2 heterocycles. The molecule has 1 aromatic rings. The van der Waals surface area contributed by atoms with Crippen LogP contribution in [0.15, 0.2) is 43.0 Å². The third-order valence-electron chi connectivity index (χ3n) is 5.29. The van der Waals surface area contributed by atoms with Gasteiger partial charge in [0.25, 0.3) is 0 Å². The second-order valence-corrected chi connectivity index (χ2v) is 7.45. The van der Waals surface area contributed by atoms with Gasteiger partial charge in [-0.15, -0.1) is 6.58 Å². The molecule has 148 valence electrons. The van der Waals surface area contributed by atoms with E-state index in [0.29, 0.717) is 19.4 Å². The van der Waals surface area contributed by atoms with Gasteiger partial charge in [0.1, 0.15) is 0 Å². The third-order valence-corrected chi connectivity index (χ3v) is 5.29. The first-order valence-corrected chi connectivity index (χ1v) is 9.81. The zero-order valence-electron chi connectivity index (χ0n) is 16.1. The molecule has 0 saturated carbocycles. The predicted molar refractivity (Wildman–Crippen MR) is 102 cm³/mol. The van der Waals surface area contributed by atoms with Crippen molar-refractivity contribution in [1.82, 2.24) is 0 Å². The van der Waals surface area contributed by atoms with E-state index in [1.54, 1.807) is 0 Å². The average molecular weight is 374 g/mol. The zero-order chi connectivity index (χ0) is 19.1. The summed E-state index contributed by atoms with van der Waals surface area (Å²) in [6.07, 6.45) is 6.98. The molecular weight excluding hydrogens is 344 g/mol. The van der Waals surface area contributed by atoms with Gasteiger partial charge in [-0.2, -0.15) is 0 Å². The average Bonchev–Trinajstić information content (AvgIpc) is 2.67. The van der Waals surface area contributed by atoms with E-state index in [0.717, 1.165) is 31.2 Å². The molecule has 0 amide bonds. The van der Waals surface area contributed by atoms with Crippen molar-refractivity contribution >= 4 is 5.97 Å². The summed E-state index contributed by atoms with van der Waals surface area (Å²) in [4.78, 5) is 11.8. The van der Waals surface area contributed by atoms with Crippen molar-refractivity contribution in [1.29, 1.82) is 0 Å². The second-order valence-electron chi connectivity index (χ2n) is 7.45. The lowest BCUT2D eigenvalue weighted by atomic mass is 9.89. The maximum Gasteiger partial charge on any atom is 0.308 e. The summed E-state index contributed by atoms with van der Waals surface area (Å²) in [5, 5.41) is 0. The van der Waals surface area contributed by atoms with Crippen molar-refractivity contribution < 1.29 is 23.7 Å². The van der Waals surface area contributed by atoms with Gasteiger partial charge in [0, 0.05) is 19.3 Å². The van der Waals surface area contributed by atoms with Gasteiger partial charge >= 0.3 is 5.97 Å². The number of hydrogen-bond donors (Lipinski definition) is 0. The molecule has 3 rings (SSSR count). The molecule has 2 aliphatic heterocycles. The van der Waals surface area contributed by atoms with Crippen molar-refractivity contribution in [2.24, 2.45) is 0 Å². The third kappa shape index (κ3) is 5.64. The Morgan fingerprint density at radius 2 is 2.07 bits per heavy atom. The minimum absolute atomic E-state index is 0.0175. The molecule has 0 radical (unpaired) electrons. The Morgan fingerprint density at radius 1 is 1.30 bits per heavy atom. The number of ether oxygens (including phenoxy) is 4. The molecule has 0 aliphatic carbocycles. The SMILES string of the molecule is C=CC[C@@H]1CCC[C@]2(C[C@H](OCc3ccccc3)C[C@H](CC(=O)OC)O2)O1. The smallest absolute Gasteiger partial charge is 0.308 e. The van der Waals surface area contributed by atoms with E-state index in [4.69, 9.17) is 18.9 Å². The van der Waals surface area contributed by atoms with Crippen LogP contribution in [0.3, 0.4) is 0 Å². The van der Waals surface area contributed by atoms with Crippen LogP contribution >= 0.6 is 0 Å². The van der Waals surface area contributed by atoms with Crippen LogP contribution in [-0.4, -0.2) is 37.2 Å². The quantitative estimate of drug-likeness (QED) is 0.530. The highest BCUT2D eigenvalue weighted by atomic mass is 16.7. The van der Waals surface area contributed by atoms with Crippen LogP contribution in [0.5, 0.6) is 0 Å². The van der Waals surface area contributed by atoms with E-state index in [-0.39, 0.29) is 30.7 Å². The van der Waals surface area contributed by atoms with Crippen LogP contribution in [0.1, 0.15) is 50.5 Å². The van der Waals surface area contributed by atoms with Crippen molar-refractivity contribution in [2.75, 3.05) is 7.11 Å². The van der Waals surface area contributed by atoms with Crippen LogP contribution in [0.25, 0.3) is 0 Å². The van der Waals surface area contributed by atoms with Crippen LogP contribution in [0, 0.1) is 0 Å². The number of benzene rings is 1. The summed E-state index contributed by atoms with van der Waals surface area (Å²) in [6.45, 7) is 4.37. The maximum atomic E-state index is 11.8. The lowest BCUT2D eigenvalue weighted by Crippen LogP contribution is -2.52. The van der Waals surface area contributed by atoms with Gasteiger partial charge in [-0.3, -0.25) is 4.79 Å². The fourth-order valence-electron chi connectivity index (χ4n) is 4.04. The van der Waals surface area contributed by atoms with Gasteiger partial charge < -0.3 is 18.9 Å². The van der Waals surface area contributed by atoms with Crippen molar-refractivity contribution in [2.45, 2.75) is 75.7 Å². The standard InChI is InChI=1S/C22H30O5/c1-3-8-18-11-7-12-22(26-18)15-20(13-19(27-22)14-21(23)24-2)25-16-17-9-5-4-6-10-17/h3-6,9-10,18-20H,1,7-8,11-16H2,2H3/t18-,19-,20-,22+/m1/s1. The van der Waals surface area contributed by atoms with Gasteiger partial charge in [0.15, 0.2) is 5.79 Å². The molecule has 0 N–H and O–H groups in total. The summed E-state index contributed by atoms with van der Waals surface area (Å²) < 4.78 is 23.7. The van der Waals surface area contributed by atoms with E-state index in [9.17, 15) is 4.79 Å². The van der Waals surface area contributed by atoms with Crippen LogP contribution in [-0.2, 0) is 30.3 Å². The Morgan fingerprint density at radius 3 is 2.81 bits per heavy atom. The lowest BCUT2D eigenvalue weighted by molar-refractivity contribution is -0.329. The number of carbonyl (C=O) groups excluding carboxylic acids is 1. The first-order chi connectivity index (χ1) is 13.1. The number of carbonyl (C=O) groups is 1. The Hall–Kier alpha value is -1.69. The first kappa shape index (κ1) is 20.1. The zero-order valence-corrected chi connectivity index (χ0v) is 16.1. The number of methoxy groups -OCH3 is 1. The molecule has 27 heavy (non-hydrogen) atoms. The van der Waals surface area contributed by atoms with E-state index >= 15 is 0 Å². The molecule has 2 saturated heterocycles. The maximum absolute atomic E-state index is 11.8. The largest absolute Gasteiger partial charge is 0.469 e. The van der Waals surface area contributed by atoms with Crippen LogP contribution in [0.4, 0.5) is 0 Å². The molecule has 5 nitrogen and oxygen atoms in total. The summed E-state index contributed by atoms with van der Waals surface area (Å²) in [5.74, 6) is -0.943. The summed E-state index contributed by atoms with van der Waals surface area (Å²) in [7, 11) is 1.40. The van der Waals surface area contributed by atoms with Gasteiger partial charge in [-0.1, -0.05) is 36.4 Å². The highest BCUT2D eigenvalue weighted by Crippen LogP contribution is 2.41. The molecule has 4 atom stereocenters. The summed E-state index contributed by atoms with van der Waals surface area (Å²) in [5.41, 5.74) is 1.14. The molecule has 0 bridgehead atoms. The predicted octanol–water partition coefficient (Wildman–Crippen LogP) is 4.16. The molecule has 2 aliphatic rings. The van der Waals surface area contributed by atoms with E-state index in [1.807, 2.05) is 24.3 Å². The molecule has 0 unspecified atom stereocenters. The van der Waals surface area contributed by atoms with Gasteiger partial charge in [0.2, 0.25) is 0 Å². The van der Waals surface area contributed by atoms with Crippen LogP contribution < -0.4 is 0 Å². The monoisotopic (exact) mass is 374 g/mol. The Balaban J connectivity index is 1.68. The number of rotatable bonds is 7. The summed E-state index contributed by atoms with van der Waals surface area (Å²) >= 11 is 0. The minimum Gasteiger partial charge on any atom is -0.469 e. The highest BCUT2D eigenvalue weighted by Gasteiger charge is 2.46. The summed E-state index contributed by atoms with van der Waals surface area (Å²) in [6, 6.07) is 10.1. The molecular formula is C22H30O5. The number of esters is 1. The fraction of sp³-hybridized carbons (Fsp3) is 0.591. The molecule has 2 fully saturated rings. The van der Waals surface area contributed by atoms with Crippen molar-refractivity contribution in [3.63, 3.8) is 0 Å². The van der Waals surface area contributed by atoms with Crippen molar-refractivity contribution in [3.05, 3.63) is 48.6 Å². The number of hydrogen-bond acceptors (Lipinski definition) is 5. The Labute approximate surface area is 161 Å². The van der Waals surface area contributed by atoms with Gasteiger partial charge in [-0.25, -0.2) is 0 Å². The molecule has 1 spiro atoms. The second kappa shape index (κ2) is 9.49. The Kier molecular flexibility index (Phi) is 7.05. The van der Waals surface area contributed by atoms with E-state index in [1.165, 1.54) is 7.11 Å². The lowest BCUT2D eigenvalue weighted by Gasteiger charge is -2.48. The topological polar surface area (TPSA) is 54.0 Å². The van der Waals surface area contributed by atoms with Crippen molar-refractivity contribution in [3.8, 4) is 0 Å². The molecule has 5 heteroatoms. The minimum atomic E-state index is -0.676. The normalized spacial score (nSPS) is 30.8. The molecule has 0 aromatic heterocycles. The Bertz CT molecular complexity index is 616. The van der Waals surface area contributed by atoms with Crippen LogP contribution in [0.2, 0.25) is 0 Å². The van der Waals surface area contributed by atoms with Gasteiger partial charge in [0.05, 0.1) is 38.4 Å². The highest BCUT2D eigenvalue weighted by molar-refractivity contribution is 5.69. The fourth-order valence-corrected chi connectivity index (χ4v) is 4.04. The first-order valence-electron chi connectivity index (χ1n) is 9.81. The van der Waals surface area contributed by atoms with E-state index in [2.05, 4.69) is 18.7 Å². The molecule has 1 aromatic carbocycles. The van der Waals surface area contributed by atoms with Gasteiger partial charge in [-0.05, 0) is 24.8 Å². The van der Waals surface area contributed by atoms with E-state index < -0.39 is 5.79 Å².